The third-order valence-electron chi connectivity index (χ3n) is 24.8. The van der Waals surface area contributed by atoms with E-state index in [9.17, 15) is 102 Å². The first-order valence-corrected chi connectivity index (χ1v) is 35.0. The molecule has 0 amide bonds. The number of hydrogen-bond donors (Lipinski definition) is 20. The average Bonchev–Trinajstić information content (AvgIpc) is 1.54. The van der Waals surface area contributed by atoms with Gasteiger partial charge in [-0.05, 0) is 104 Å². The molecule has 42 unspecified atom stereocenters. The molecule has 4 aliphatic carbocycles. The third kappa shape index (κ3) is 14.1. The first-order valence-electron chi connectivity index (χ1n) is 35.0. The van der Waals surface area contributed by atoms with Gasteiger partial charge in [0.1, 0.15) is 146 Å². The van der Waals surface area contributed by atoms with E-state index in [1.165, 1.54) is 6.92 Å². The van der Waals surface area contributed by atoms with Gasteiger partial charge in [-0.15, -0.1) is 0 Å². The van der Waals surface area contributed by atoms with Crippen molar-refractivity contribution in [2.75, 3.05) is 52.8 Å². The van der Waals surface area contributed by atoms with Crippen LogP contribution >= 0.6 is 0 Å². The number of ether oxygens (including phenoxy) is 14. The number of aliphatic hydroxyl groups is 19. The number of esters is 1. The van der Waals surface area contributed by atoms with Gasteiger partial charge in [0.2, 0.25) is 0 Å². The Labute approximate surface area is 570 Å². The van der Waals surface area contributed by atoms with Crippen LogP contribution in [0.4, 0.5) is 0 Å². The van der Waals surface area contributed by atoms with Crippen LogP contribution in [0.5, 0.6) is 0 Å². The lowest BCUT2D eigenvalue weighted by atomic mass is 9.44. The van der Waals surface area contributed by atoms with Crippen LogP contribution in [0.15, 0.2) is 0 Å². The zero-order chi connectivity index (χ0) is 71.2. The van der Waals surface area contributed by atoms with Gasteiger partial charge in [0.05, 0.1) is 58.5 Å². The van der Waals surface area contributed by atoms with E-state index in [4.69, 9.17) is 66.3 Å². The summed E-state index contributed by atoms with van der Waals surface area (Å²) in [5.41, 5.74) is -1.30. The minimum atomic E-state index is -2.03. The molecule has 570 valence electrons. The standard InChI is InChI=1S/C64H105NO34/c1-22-38-31(99-64(22)37(88-23(2)71)11-24(14-65-64)20-86-60-54(45(79)42(76)34(17-68)92-60)97-58-48(82)43(77)40(74)32(15-66)90-58)13-29-27-6-5-25-12-26(7-9-62(25,3)28(27)8-10-63(29,38)4)89-57-50(84)46(80)52(35(18-69)93-57)96-61-55(98-59-49(83)44(78)41(75)33(16-67)91-59)51(85)53(36(19-70)94-61)95-56-47(81)39(73)30(72)21-87-56/h22,24-61,65-70,72-85H,5-21H2,1-4H3. The number of carbonyl (C=O) groups excluding carboxylic acids is 1. The fraction of sp³-hybridized carbons (Fsp3) is 0.984. The van der Waals surface area contributed by atoms with Gasteiger partial charge in [0.15, 0.2) is 43.5 Å². The van der Waals surface area contributed by atoms with E-state index in [1.54, 1.807) is 0 Å². The molecule has 0 aromatic carbocycles. The molecule has 0 aromatic heterocycles. The van der Waals surface area contributed by atoms with Crippen LogP contribution in [0, 0.1) is 52.3 Å². The first kappa shape index (κ1) is 76.8. The molecule has 1 spiro atoms. The number of carbonyl (C=O) groups is 1. The molecule has 12 aliphatic rings. The number of aliphatic hydroxyl groups excluding tert-OH is 19. The number of rotatable bonds is 19. The van der Waals surface area contributed by atoms with Gasteiger partial charge >= 0.3 is 5.97 Å². The average molecular weight is 1430 g/mol. The summed E-state index contributed by atoms with van der Waals surface area (Å²) < 4.78 is 84.7. The summed E-state index contributed by atoms with van der Waals surface area (Å²) in [6.45, 7) is 3.91. The first-order chi connectivity index (χ1) is 47.1. The summed E-state index contributed by atoms with van der Waals surface area (Å²) in [6.07, 6.45) is -44.5. The van der Waals surface area contributed by atoms with Crippen LogP contribution in [0.1, 0.15) is 85.5 Å². The Morgan fingerprint density at radius 3 is 1.59 bits per heavy atom. The molecule has 12 fully saturated rings. The molecule has 99 heavy (non-hydrogen) atoms. The van der Waals surface area contributed by atoms with Crippen LogP contribution in [-0.2, 0) is 71.1 Å². The number of hydrogen-bond acceptors (Lipinski definition) is 35. The fourth-order valence-corrected chi connectivity index (χ4v) is 19.5. The lowest BCUT2D eigenvalue weighted by Gasteiger charge is -2.61. The van der Waals surface area contributed by atoms with E-state index < -0.39 is 242 Å². The predicted octanol–water partition coefficient (Wildman–Crippen LogP) is -8.53. The third-order valence-corrected chi connectivity index (χ3v) is 24.8. The molecule has 12 rings (SSSR count). The van der Waals surface area contributed by atoms with Gasteiger partial charge in [-0.3, -0.25) is 10.1 Å². The monoisotopic (exact) mass is 1430 g/mol. The highest BCUT2D eigenvalue weighted by Crippen LogP contribution is 2.71. The van der Waals surface area contributed by atoms with E-state index >= 15 is 0 Å². The zero-order valence-electron chi connectivity index (χ0n) is 55.7. The second kappa shape index (κ2) is 30.8. The van der Waals surface area contributed by atoms with Gasteiger partial charge in [0, 0.05) is 19.4 Å². The largest absolute Gasteiger partial charge is 0.458 e. The molecule has 20 N–H and O–H groups in total. The smallest absolute Gasteiger partial charge is 0.303 e. The predicted molar refractivity (Wildman–Crippen MR) is 322 cm³/mol. The van der Waals surface area contributed by atoms with E-state index in [0.717, 1.165) is 38.5 Å². The number of piperidine rings is 1. The molecule has 0 bridgehead atoms. The van der Waals surface area contributed by atoms with Gasteiger partial charge in [0.25, 0.3) is 0 Å². The summed E-state index contributed by atoms with van der Waals surface area (Å²) >= 11 is 0. The quantitative estimate of drug-likeness (QED) is 0.0422. The molecule has 0 radical (unpaired) electrons. The topological polar surface area (TPSA) is 543 Å². The van der Waals surface area contributed by atoms with E-state index in [2.05, 4.69) is 26.1 Å². The van der Waals surface area contributed by atoms with Crippen LogP contribution in [0.2, 0.25) is 0 Å². The summed E-state index contributed by atoms with van der Waals surface area (Å²) in [5, 5.41) is 207. The molecule has 42 atom stereocenters. The van der Waals surface area contributed by atoms with Crippen LogP contribution in [-0.4, -0.2) is 358 Å². The van der Waals surface area contributed by atoms with Gasteiger partial charge in [-0.25, -0.2) is 0 Å². The highest BCUT2D eigenvalue weighted by Gasteiger charge is 2.71. The number of nitrogens with one attached hydrogen (secondary N) is 1. The Balaban J connectivity index is 0.672. The minimum absolute atomic E-state index is 0.0804. The fourth-order valence-electron chi connectivity index (χ4n) is 19.5. The van der Waals surface area contributed by atoms with Crippen molar-refractivity contribution in [1.29, 1.82) is 0 Å². The maximum Gasteiger partial charge on any atom is 0.303 e. The molecule has 4 saturated carbocycles. The van der Waals surface area contributed by atoms with E-state index in [-0.39, 0.29) is 53.6 Å². The normalized spacial score (nSPS) is 55.4. The maximum absolute atomic E-state index is 13.0. The highest BCUT2D eigenvalue weighted by molar-refractivity contribution is 5.66. The van der Waals surface area contributed by atoms with E-state index in [0.29, 0.717) is 37.1 Å². The van der Waals surface area contributed by atoms with Gasteiger partial charge in [-0.2, -0.15) is 0 Å². The van der Waals surface area contributed by atoms with Crippen molar-refractivity contribution in [3.8, 4) is 0 Å². The van der Waals surface area contributed by atoms with Crippen LogP contribution < -0.4 is 5.32 Å². The number of fused-ring (bicyclic) bond motifs is 7. The maximum atomic E-state index is 13.0. The van der Waals surface area contributed by atoms with Crippen molar-refractivity contribution in [2.45, 2.75) is 288 Å². The van der Waals surface area contributed by atoms with Crippen LogP contribution in [0.25, 0.3) is 0 Å². The highest BCUT2D eigenvalue weighted by atomic mass is 16.8. The second-order valence-corrected chi connectivity index (χ2v) is 30.3. The molecule has 35 nitrogen and oxygen atoms in total. The van der Waals surface area contributed by atoms with Crippen molar-refractivity contribution in [1.82, 2.24) is 5.32 Å². The van der Waals surface area contributed by atoms with Crippen LogP contribution in [0.3, 0.4) is 0 Å². The Morgan fingerprint density at radius 2 is 0.980 bits per heavy atom. The summed E-state index contributed by atoms with van der Waals surface area (Å²) in [7, 11) is 0. The molecule has 0 aromatic rings. The Kier molecular flexibility index (Phi) is 23.9. The van der Waals surface area contributed by atoms with Crippen molar-refractivity contribution in [3.63, 3.8) is 0 Å². The van der Waals surface area contributed by atoms with Gasteiger partial charge < -0.3 is 163 Å². The Bertz CT molecular complexity index is 2660. The molecule has 35 heteroatoms. The van der Waals surface area contributed by atoms with E-state index in [1.807, 2.05) is 0 Å². The lowest BCUT2D eigenvalue weighted by Crippen LogP contribution is -2.68. The molecular weight excluding hydrogens is 1330 g/mol. The summed E-state index contributed by atoms with van der Waals surface area (Å²) in [6, 6.07) is 0. The molecule has 8 heterocycles. The Morgan fingerprint density at radius 1 is 0.485 bits per heavy atom. The molecule has 8 saturated heterocycles. The van der Waals surface area contributed by atoms with Crippen molar-refractivity contribution in [2.24, 2.45) is 52.3 Å². The minimum Gasteiger partial charge on any atom is -0.458 e. The van der Waals surface area contributed by atoms with Crippen molar-refractivity contribution >= 4 is 5.97 Å². The molecule has 8 aliphatic heterocycles. The lowest BCUT2D eigenvalue weighted by molar-refractivity contribution is -0.401. The SMILES string of the molecule is CC(=O)OC1CC(COC2OC(CO)C(O)C(O)C2OC2OC(CO)C(O)C(O)C2O)CNC12OC1CC3C4CCC5CC(OC6OC(CO)C(OC7OC(CO)C(OC8OCC(O)C(O)C8O)C(O)C7OC7OC(CO)C(O)C(O)C7O)C(O)C6O)CCC5(C)C4CCC3(C)C1C2C. The molecular formula is C64H105NO34. The summed E-state index contributed by atoms with van der Waals surface area (Å²) in [4.78, 5) is 13.0. The Hall–Kier alpha value is -1.85. The van der Waals surface area contributed by atoms with Crippen molar-refractivity contribution < 1.29 is 168 Å². The summed E-state index contributed by atoms with van der Waals surface area (Å²) in [5.74, 6) is 0.332. The zero-order valence-corrected chi connectivity index (χ0v) is 55.7. The van der Waals surface area contributed by atoms with Gasteiger partial charge in [-0.1, -0.05) is 20.8 Å². The second-order valence-electron chi connectivity index (χ2n) is 30.3. The van der Waals surface area contributed by atoms with Crippen molar-refractivity contribution in [3.05, 3.63) is 0 Å².